The summed E-state index contributed by atoms with van der Waals surface area (Å²) in [4.78, 5) is 14.9. The van der Waals surface area contributed by atoms with E-state index in [-0.39, 0.29) is 42.7 Å². The highest BCUT2D eigenvalue weighted by Gasteiger charge is 2.41. The highest BCUT2D eigenvalue weighted by Crippen LogP contribution is 2.45. The minimum Gasteiger partial charge on any atom is -0.448 e. The fourth-order valence-corrected chi connectivity index (χ4v) is 5.96. The van der Waals surface area contributed by atoms with Gasteiger partial charge < -0.3 is 4.74 Å². The standard InChI is InChI=1S/C29H24F3NO2/c30-26-11-12-27(31)28(32)24(26)15-17-13-18-9-10-19(14-17)33(18)29(34)35-16-25-22-7-3-1-5-20(22)21-6-2-4-8-23(21)25/h1-8,11-13,18-19,25H,9-10,14-16H2. The second-order valence-corrected chi connectivity index (χ2v) is 9.54. The van der Waals surface area contributed by atoms with Crippen LogP contribution in [0.3, 0.4) is 0 Å². The molecule has 0 radical (unpaired) electrons. The van der Waals surface area contributed by atoms with E-state index in [1.807, 2.05) is 30.3 Å². The van der Waals surface area contributed by atoms with Crippen LogP contribution in [0.5, 0.6) is 0 Å². The van der Waals surface area contributed by atoms with Gasteiger partial charge in [0.05, 0.1) is 6.04 Å². The Bertz CT molecular complexity index is 1310. The van der Waals surface area contributed by atoms with Gasteiger partial charge in [0.25, 0.3) is 0 Å². The third kappa shape index (κ3) is 3.72. The predicted molar refractivity (Wildman–Crippen MR) is 126 cm³/mol. The molecule has 3 nitrogen and oxygen atoms in total. The number of amides is 1. The summed E-state index contributed by atoms with van der Waals surface area (Å²) in [7, 11) is 0. The SMILES string of the molecule is O=C(OCC1c2ccccc2-c2ccccc21)N1C2C=C(Cc3c(F)ccc(F)c3F)CC1CC2. The number of benzene rings is 3. The van der Waals surface area contributed by atoms with Gasteiger partial charge in [-0.3, -0.25) is 4.90 Å². The fourth-order valence-electron chi connectivity index (χ4n) is 5.96. The first-order valence-corrected chi connectivity index (χ1v) is 12.0. The number of ether oxygens (including phenoxy) is 1. The highest BCUT2D eigenvalue weighted by molar-refractivity contribution is 5.79. The van der Waals surface area contributed by atoms with E-state index in [2.05, 4.69) is 24.3 Å². The highest BCUT2D eigenvalue weighted by atomic mass is 19.2. The lowest BCUT2D eigenvalue weighted by Gasteiger charge is -2.33. The molecular weight excluding hydrogens is 451 g/mol. The quantitative estimate of drug-likeness (QED) is 0.308. The molecule has 6 heteroatoms. The molecule has 2 aliphatic heterocycles. The number of nitrogens with zero attached hydrogens (tertiary/aromatic N) is 1. The minimum absolute atomic E-state index is 0.000949. The van der Waals surface area contributed by atoms with Crippen LogP contribution in [0.2, 0.25) is 0 Å². The summed E-state index contributed by atoms with van der Waals surface area (Å²) < 4.78 is 47.8. The van der Waals surface area contributed by atoms with Crippen LogP contribution in [0.1, 0.15) is 41.9 Å². The van der Waals surface area contributed by atoms with Gasteiger partial charge in [-0.1, -0.05) is 60.2 Å². The lowest BCUT2D eigenvalue weighted by atomic mass is 9.94. The number of carbonyl (C=O) groups is 1. The maximum absolute atomic E-state index is 14.2. The zero-order chi connectivity index (χ0) is 24.1. The van der Waals surface area contributed by atoms with Crippen LogP contribution >= 0.6 is 0 Å². The van der Waals surface area contributed by atoms with Crippen LogP contribution < -0.4 is 0 Å². The van der Waals surface area contributed by atoms with Crippen molar-refractivity contribution in [1.29, 1.82) is 0 Å². The molecule has 178 valence electrons. The Balaban J connectivity index is 1.17. The van der Waals surface area contributed by atoms with Crippen molar-refractivity contribution < 1.29 is 22.7 Å². The van der Waals surface area contributed by atoms with Gasteiger partial charge >= 0.3 is 6.09 Å². The Morgan fingerprint density at radius 1 is 0.886 bits per heavy atom. The molecule has 2 heterocycles. The van der Waals surface area contributed by atoms with Crippen molar-refractivity contribution in [1.82, 2.24) is 4.90 Å². The summed E-state index contributed by atoms with van der Waals surface area (Å²) in [6, 6.07) is 17.9. The molecule has 3 aliphatic rings. The van der Waals surface area contributed by atoms with Crippen LogP contribution in [-0.2, 0) is 11.2 Å². The average molecular weight is 476 g/mol. The molecule has 2 atom stereocenters. The van der Waals surface area contributed by atoms with E-state index >= 15 is 0 Å². The number of fused-ring (bicyclic) bond motifs is 5. The van der Waals surface area contributed by atoms with Gasteiger partial charge in [0.2, 0.25) is 0 Å². The Morgan fingerprint density at radius 3 is 2.23 bits per heavy atom. The molecule has 1 fully saturated rings. The van der Waals surface area contributed by atoms with Crippen molar-refractivity contribution in [2.75, 3.05) is 6.61 Å². The van der Waals surface area contributed by atoms with Crippen molar-refractivity contribution in [3.05, 3.63) is 106 Å². The van der Waals surface area contributed by atoms with E-state index in [1.54, 1.807) is 4.90 Å². The Morgan fingerprint density at radius 2 is 1.54 bits per heavy atom. The Kier molecular flexibility index (Phi) is 5.39. The second kappa shape index (κ2) is 8.59. The van der Waals surface area contributed by atoms with Crippen LogP contribution in [-0.4, -0.2) is 29.7 Å². The number of carbonyl (C=O) groups excluding carboxylic acids is 1. The molecule has 2 bridgehead atoms. The van der Waals surface area contributed by atoms with E-state index < -0.39 is 17.5 Å². The fraction of sp³-hybridized carbons (Fsp3) is 0.276. The maximum atomic E-state index is 14.2. The number of hydrogen-bond acceptors (Lipinski definition) is 2. The predicted octanol–water partition coefficient (Wildman–Crippen LogP) is 6.76. The summed E-state index contributed by atoms with van der Waals surface area (Å²) in [6.45, 7) is 0.249. The molecule has 1 amide bonds. The lowest BCUT2D eigenvalue weighted by molar-refractivity contribution is 0.0849. The molecule has 1 aliphatic carbocycles. The summed E-state index contributed by atoms with van der Waals surface area (Å²) in [5.41, 5.74) is 5.22. The van der Waals surface area contributed by atoms with Gasteiger partial charge in [0, 0.05) is 17.5 Å². The van der Waals surface area contributed by atoms with Crippen LogP contribution in [0.25, 0.3) is 11.1 Å². The molecule has 3 aromatic rings. The van der Waals surface area contributed by atoms with E-state index in [4.69, 9.17) is 4.74 Å². The Hall–Kier alpha value is -3.54. The van der Waals surface area contributed by atoms with Gasteiger partial charge in [0.1, 0.15) is 12.4 Å². The monoisotopic (exact) mass is 475 g/mol. The lowest BCUT2D eigenvalue weighted by Crippen LogP contribution is -2.44. The largest absolute Gasteiger partial charge is 0.448 e. The van der Waals surface area contributed by atoms with Gasteiger partial charge in [-0.2, -0.15) is 0 Å². The van der Waals surface area contributed by atoms with E-state index in [0.717, 1.165) is 41.7 Å². The zero-order valence-electron chi connectivity index (χ0n) is 19.0. The summed E-state index contributed by atoms with van der Waals surface area (Å²) >= 11 is 0. The first-order chi connectivity index (χ1) is 17.0. The van der Waals surface area contributed by atoms with E-state index in [0.29, 0.717) is 6.42 Å². The Labute approximate surface area is 201 Å². The van der Waals surface area contributed by atoms with Crippen molar-refractivity contribution in [2.24, 2.45) is 0 Å². The summed E-state index contributed by atoms with van der Waals surface area (Å²) in [5, 5.41) is 0. The number of hydrogen-bond donors (Lipinski definition) is 0. The molecule has 0 spiro atoms. The minimum atomic E-state index is -1.14. The van der Waals surface area contributed by atoms with Crippen LogP contribution in [0.15, 0.2) is 72.3 Å². The van der Waals surface area contributed by atoms with Gasteiger partial charge in [-0.05, 0) is 60.1 Å². The molecule has 35 heavy (non-hydrogen) atoms. The van der Waals surface area contributed by atoms with Crippen molar-refractivity contribution in [3.63, 3.8) is 0 Å². The van der Waals surface area contributed by atoms with E-state index in [9.17, 15) is 18.0 Å². The third-order valence-corrected chi connectivity index (χ3v) is 7.56. The van der Waals surface area contributed by atoms with Crippen molar-refractivity contribution in [3.8, 4) is 11.1 Å². The molecule has 6 rings (SSSR count). The normalized spacial score (nSPS) is 20.4. The van der Waals surface area contributed by atoms with E-state index in [1.165, 1.54) is 11.1 Å². The molecule has 2 unspecified atom stereocenters. The molecule has 0 saturated carbocycles. The van der Waals surface area contributed by atoms with Gasteiger partial charge in [-0.15, -0.1) is 0 Å². The van der Waals surface area contributed by atoms with Gasteiger partial charge in [0.15, 0.2) is 11.6 Å². The average Bonchev–Trinajstić information content (AvgIpc) is 3.34. The van der Waals surface area contributed by atoms with Crippen LogP contribution in [0, 0.1) is 17.5 Å². The molecule has 3 aromatic carbocycles. The van der Waals surface area contributed by atoms with Crippen molar-refractivity contribution >= 4 is 6.09 Å². The molecule has 0 N–H and O–H groups in total. The second-order valence-electron chi connectivity index (χ2n) is 9.54. The zero-order valence-corrected chi connectivity index (χ0v) is 19.0. The van der Waals surface area contributed by atoms with Gasteiger partial charge in [-0.25, -0.2) is 18.0 Å². The summed E-state index contributed by atoms with van der Waals surface area (Å²) in [5.74, 6) is -2.96. The number of halogens is 3. The third-order valence-electron chi connectivity index (χ3n) is 7.56. The smallest absolute Gasteiger partial charge is 0.410 e. The topological polar surface area (TPSA) is 29.5 Å². The molecular formula is C29H24F3NO2. The number of rotatable bonds is 4. The summed E-state index contributed by atoms with van der Waals surface area (Å²) in [6.07, 6.45) is 3.60. The first-order valence-electron chi connectivity index (χ1n) is 12.0. The van der Waals surface area contributed by atoms with Crippen LogP contribution in [0.4, 0.5) is 18.0 Å². The molecule has 0 aromatic heterocycles. The first kappa shape index (κ1) is 22.0. The molecule has 1 saturated heterocycles. The van der Waals surface area contributed by atoms with Crippen molar-refractivity contribution in [2.45, 2.75) is 43.7 Å². The maximum Gasteiger partial charge on any atom is 0.410 e.